The second-order valence-corrected chi connectivity index (χ2v) is 4.79. The van der Waals surface area contributed by atoms with Gasteiger partial charge in [0.1, 0.15) is 0 Å². The van der Waals surface area contributed by atoms with Crippen LogP contribution >= 0.6 is 0 Å². The van der Waals surface area contributed by atoms with Gasteiger partial charge in [-0.05, 0) is 19.0 Å². The second kappa shape index (κ2) is 5.51. The Bertz CT molecular complexity index is 255. The largest absolute Gasteiger partial charge is 0.405 e. The van der Waals surface area contributed by atoms with Crippen molar-refractivity contribution >= 4 is 0 Å². The average Bonchev–Trinajstić information content (AvgIpc) is 2.11. The van der Waals surface area contributed by atoms with Gasteiger partial charge in [0.25, 0.3) is 0 Å². The van der Waals surface area contributed by atoms with E-state index in [0.717, 1.165) is 0 Å². The average molecular weight is 237 g/mol. The van der Waals surface area contributed by atoms with E-state index >= 15 is 0 Å². The quantitative estimate of drug-likeness (QED) is 0.790. The fourth-order valence-electron chi connectivity index (χ4n) is 1.39. The standard InChI is InChI=1S/C10H18F3N3/c1-9(2,6-15)7-16(3)5-8(4-14)10(11,12)13/h8H,5-7,15H2,1-3H3. The molecule has 1 atom stereocenters. The lowest BCUT2D eigenvalue weighted by atomic mass is 9.93. The van der Waals surface area contributed by atoms with Crippen LogP contribution in [-0.4, -0.2) is 37.8 Å². The molecule has 0 aliphatic carbocycles. The Labute approximate surface area is 94.0 Å². The van der Waals surface area contributed by atoms with Crippen molar-refractivity contribution < 1.29 is 13.2 Å². The van der Waals surface area contributed by atoms with Gasteiger partial charge in [0.2, 0.25) is 0 Å². The van der Waals surface area contributed by atoms with Crippen LogP contribution in [0.1, 0.15) is 13.8 Å². The number of halogens is 3. The molecule has 0 aromatic rings. The Hall–Kier alpha value is -0.800. The molecule has 0 spiro atoms. The SMILES string of the molecule is CN(CC(C#N)C(F)(F)F)CC(C)(C)CN. The molecule has 3 nitrogen and oxygen atoms in total. The normalized spacial score (nSPS) is 14.9. The minimum absolute atomic E-state index is 0.250. The predicted octanol–water partition coefficient (Wildman–Crippen LogP) is 1.61. The molecule has 2 N–H and O–H groups in total. The maximum atomic E-state index is 12.3. The van der Waals surface area contributed by atoms with Crippen molar-refractivity contribution in [3.05, 3.63) is 0 Å². The summed E-state index contributed by atoms with van der Waals surface area (Å²) in [6.45, 7) is 4.25. The van der Waals surface area contributed by atoms with Crippen molar-refractivity contribution in [1.29, 1.82) is 5.26 Å². The molecule has 16 heavy (non-hydrogen) atoms. The second-order valence-electron chi connectivity index (χ2n) is 4.79. The van der Waals surface area contributed by atoms with Crippen LogP contribution < -0.4 is 5.73 Å². The van der Waals surface area contributed by atoms with Crippen molar-refractivity contribution in [2.45, 2.75) is 20.0 Å². The number of nitrogens with zero attached hydrogens (tertiary/aromatic N) is 2. The van der Waals surface area contributed by atoms with Crippen LogP contribution in [0, 0.1) is 22.7 Å². The molecule has 0 aromatic heterocycles. The van der Waals surface area contributed by atoms with Gasteiger partial charge in [0.05, 0.1) is 6.07 Å². The van der Waals surface area contributed by atoms with Crippen LogP contribution in [0.3, 0.4) is 0 Å². The number of rotatable bonds is 5. The summed E-state index contributed by atoms with van der Waals surface area (Å²) in [5, 5.41) is 8.44. The first-order chi connectivity index (χ1) is 7.12. The van der Waals surface area contributed by atoms with Crippen molar-refractivity contribution in [1.82, 2.24) is 4.90 Å². The Morgan fingerprint density at radius 2 is 1.88 bits per heavy atom. The third kappa shape index (κ3) is 5.33. The number of hydrogen-bond donors (Lipinski definition) is 1. The minimum Gasteiger partial charge on any atom is -0.330 e. The molecule has 0 bridgehead atoms. The molecule has 1 unspecified atom stereocenters. The molecule has 0 fully saturated rings. The molecule has 0 aliphatic rings. The third-order valence-electron chi connectivity index (χ3n) is 2.30. The van der Waals surface area contributed by atoms with Gasteiger partial charge in [-0.25, -0.2) is 0 Å². The summed E-state index contributed by atoms with van der Waals surface area (Å²) >= 11 is 0. The monoisotopic (exact) mass is 237 g/mol. The number of alkyl halides is 3. The van der Waals surface area contributed by atoms with E-state index in [1.807, 2.05) is 13.8 Å². The fourth-order valence-corrected chi connectivity index (χ4v) is 1.39. The first-order valence-electron chi connectivity index (χ1n) is 4.97. The topological polar surface area (TPSA) is 53.0 Å². The number of nitrogens with two attached hydrogens (primary N) is 1. The summed E-state index contributed by atoms with van der Waals surface area (Å²) in [7, 11) is 1.56. The highest BCUT2D eigenvalue weighted by atomic mass is 19.4. The van der Waals surface area contributed by atoms with Crippen molar-refractivity contribution in [2.75, 3.05) is 26.7 Å². The van der Waals surface area contributed by atoms with Crippen LogP contribution in [-0.2, 0) is 0 Å². The zero-order valence-electron chi connectivity index (χ0n) is 9.80. The summed E-state index contributed by atoms with van der Waals surface area (Å²) in [6.07, 6.45) is -4.46. The molecule has 0 saturated heterocycles. The van der Waals surface area contributed by atoms with E-state index in [1.165, 1.54) is 11.0 Å². The molecular weight excluding hydrogens is 219 g/mol. The molecule has 94 valence electrons. The van der Waals surface area contributed by atoms with Gasteiger partial charge in [-0.3, -0.25) is 0 Å². The lowest BCUT2D eigenvalue weighted by Gasteiger charge is -2.30. The molecule has 0 rings (SSSR count). The van der Waals surface area contributed by atoms with Gasteiger partial charge in [0.15, 0.2) is 5.92 Å². The number of hydrogen-bond acceptors (Lipinski definition) is 3. The summed E-state index contributed by atoms with van der Waals surface area (Å²) in [6, 6.07) is 1.28. The first kappa shape index (κ1) is 15.2. The van der Waals surface area contributed by atoms with E-state index in [9.17, 15) is 13.2 Å². The van der Waals surface area contributed by atoms with Gasteiger partial charge in [0, 0.05) is 13.1 Å². The number of nitriles is 1. The summed E-state index contributed by atoms with van der Waals surface area (Å²) in [4.78, 5) is 1.49. The van der Waals surface area contributed by atoms with E-state index in [2.05, 4.69) is 0 Å². The molecule has 0 amide bonds. The Balaban J connectivity index is 4.35. The van der Waals surface area contributed by atoms with Crippen LogP contribution in [0.2, 0.25) is 0 Å². The van der Waals surface area contributed by atoms with Crippen LogP contribution in [0.4, 0.5) is 13.2 Å². The van der Waals surface area contributed by atoms with E-state index in [0.29, 0.717) is 13.1 Å². The highest BCUT2D eigenvalue weighted by Crippen LogP contribution is 2.26. The molecule has 0 heterocycles. The molecule has 0 radical (unpaired) electrons. The zero-order valence-corrected chi connectivity index (χ0v) is 9.80. The lowest BCUT2D eigenvalue weighted by Crippen LogP contribution is -2.41. The Morgan fingerprint density at radius 3 is 2.19 bits per heavy atom. The Morgan fingerprint density at radius 1 is 1.38 bits per heavy atom. The zero-order chi connectivity index (χ0) is 13.0. The first-order valence-corrected chi connectivity index (χ1v) is 4.97. The Kier molecular flexibility index (Phi) is 5.23. The summed E-state index contributed by atoms with van der Waals surface area (Å²) < 4.78 is 37.0. The molecule has 0 saturated carbocycles. The molecule has 6 heteroatoms. The third-order valence-corrected chi connectivity index (χ3v) is 2.30. The van der Waals surface area contributed by atoms with Gasteiger partial charge < -0.3 is 10.6 Å². The van der Waals surface area contributed by atoms with Crippen molar-refractivity contribution in [3.63, 3.8) is 0 Å². The van der Waals surface area contributed by atoms with Gasteiger partial charge in [-0.2, -0.15) is 18.4 Å². The maximum Gasteiger partial charge on any atom is 0.405 e. The van der Waals surface area contributed by atoms with E-state index in [4.69, 9.17) is 11.0 Å². The predicted molar refractivity (Wildman–Crippen MR) is 55.5 cm³/mol. The van der Waals surface area contributed by atoms with Crippen LogP contribution in [0.5, 0.6) is 0 Å². The molecule has 0 aliphatic heterocycles. The van der Waals surface area contributed by atoms with Gasteiger partial charge in [-0.15, -0.1) is 0 Å². The molecular formula is C10H18F3N3. The van der Waals surface area contributed by atoms with E-state index in [-0.39, 0.29) is 12.0 Å². The summed E-state index contributed by atoms with van der Waals surface area (Å²) in [5.74, 6) is -1.94. The van der Waals surface area contributed by atoms with Crippen LogP contribution in [0.25, 0.3) is 0 Å². The highest BCUT2D eigenvalue weighted by Gasteiger charge is 2.40. The smallest absolute Gasteiger partial charge is 0.330 e. The van der Waals surface area contributed by atoms with E-state index < -0.39 is 12.1 Å². The van der Waals surface area contributed by atoms with Crippen LogP contribution in [0.15, 0.2) is 0 Å². The highest BCUT2D eigenvalue weighted by molar-refractivity contribution is 4.90. The van der Waals surface area contributed by atoms with Crippen molar-refractivity contribution in [2.24, 2.45) is 17.1 Å². The summed E-state index contributed by atoms with van der Waals surface area (Å²) in [5.41, 5.74) is 5.24. The lowest BCUT2D eigenvalue weighted by molar-refractivity contribution is -0.163. The fraction of sp³-hybridized carbons (Fsp3) is 0.900. The molecule has 0 aromatic carbocycles. The maximum absolute atomic E-state index is 12.3. The van der Waals surface area contributed by atoms with Gasteiger partial charge >= 0.3 is 6.18 Å². The van der Waals surface area contributed by atoms with E-state index in [1.54, 1.807) is 7.05 Å². The van der Waals surface area contributed by atoms with Crippen molar-refractivity contribution in [3.8, 4) is 6.07 Å². The van der Waals surface area contributed by atoms with Gasteiger partial charge in [-0.1, -0.05) is 13.8 Å². The minimum atomic E-state index is -4.46.